The molecule has 0 N–H and O–H groups in total. The zero-order chi connectivity index (χ0) is 20.1. The molecule has 0 radical (unpaired) electrons. The number of nitrogens with zero attached hydrogens (tertiary/aromatic N) is 1. The van der Waals surface area contributed by atoms with E-state index in [1.807, 2.05) is 18.7 Å². The van der Waals surface area contributed by atoms with Gasteiger partial charge in [-0.15, -0.1) is 0 Å². The fourth-order valence-corrected chi connectivity index (χ4v) is 3.57. The maximum Gasteiger partial charge on any atom is 0.306 e. The zero-order valence-electron chi connectivity index (χ0n) is 17.1. The van der Waals surface area contributed by atoms with Crippen molar-refractivity contribution in [1.82, 2.24) is 4.90 Å². The van der Waals surface area contributed by atoms with Crippen LogP contribution in [0.4, 0.5) is 0 Å². The van der Waals surface area contributed by atoms with Gasteiger partial charge in [0.15, 0.2) is 0 Å². The van der Waals surface area contributed by atoms with Crippen LogP contribution in [0.1, 0.15) is 59.9 Å². The molecule has 1 rings (SSSR count). The van der Waals surface area contributed by atoms with E-state index in [1.165, 1.54) is 0 Å². The number of hydrogen-bond acceptors (Lipinski definition) is 4. The number of carbonyl (C=O) groups excluding carboxylic acids is 1. The van der Waals surface area contributed by atoms with Crippen LogP contribution in [0.25, 0.3) is 0 Å². The van der Waals surface area contributed by atoms with Gasteiger partial charge in [0.1, 0.15) is 5.75 Å². The third-order valence-corrected chi connectivity index (χ3v) is 4.45. The van der Waals surface area contributed by atoms with E-state index in [0.717, 1.165) is 18.2 Å². The molecule has 0 aliphatic carbocycles. The van der Waals surface area contributed by atoms with Crippen LogP contribution >= 0.6 is 0 Å². The van der Waals surface area contributed by atoms with E-state index in [4.69, 9.17) is 4.18 Å². The fourth-order valence-electron chi connectivity index (χ4n) is 3.11. The number of carbonyl (C=O) groups is 1. The largest absolute Gasteiger partial charge is 0.383 e. The van der Waals surface area contributed by atoms with Crippen molar-refractivity contribution in [2.75, 3.05) is 6.26 Å². The Bertz CT molecular complexity index is 688. The van der Waals surface area contributed by atoms with Gasteiger partial charge in [-0.05, 0) is 49.3 Å². The Morgan fingerprint density at radius 2 is 1.65 bits per heavy atom. The SMILES string of the molecule is CC(C)N(Cc1ccc(OS(C)(=O)=O)cc1)C(=O)C[C@H](C)CC(C)(C)C. The van der Waals surface area contributed by atoms with Crippen molar-refractivity contribution in [2.24, 2.45) is 11.3 Å². The highest BCUT2D eigenvalue weighted by atomic mass is 32.2. The second kappa shape index (κ2) is 8.89. The first-order valence-corrected chi connectivity index (χ1v) is 10.9. The Hall–Kier alpha value is -1.56. The summed E-state index contributed by atoms with van der Waals surface area (Å²) in [5.41, 5.74) is 1.15. The van der Waals surface area contributed by atoms with Gasteiger partial charge >= 0.3 is 10.1 Å². The van der Waals surface area contributed by atoms with Crippen LogP contribution in [-0.4, -0.2) is 31.5 Å². The lowest BCUT2D eigenvalue weighted by Crippen LogP contribution is -2.37. The minimum absolute atomic E-state index is 0.0938. The monoisotopic (exact) mass is 383 g/mol. The molecule has 0 aliphatic rings. The van der Waals surface area contributed by atoms with Crippen molar-refractivity contribution in [3.63, 3.8) is 0 Å². The minimum Gasteiger partial charge on any atom is -0.383 e. The second-order valence-electron chi connectivity index (χ2n) is 8.62. The molecular weight excluding hydrogens is 350 g/mol. The maximum absolute atomic E-state index is 12.8. The second-order valence-corrected chi connectivity index (χ2v) is 10.2. The molecule has 1 aromatic carbocycles. The molecule has 0 spiro atoms. The predicted octanol–water partition coefficient (Wildman–Crippen LogP) is 4.22. The third kappa shape index (κ3) is 8.70. The Labute approximate surface area is 158 Å². The molecule has 6 heteroatoms. The van der Waals surface area contributed by atoms with E-state index in [1.54, 1.807) is 24.3 Å². The summed E-state index contributed by atoms with van der Waals surface area (Å²) in [6, 6.07) is 6.91. The lowest BCUT2D eigenvalue weighted by atomic mass is 9.84. The Kier molecular flexibility index (Phi) is 7.69. The number of rotatable bonds is 8. The predicted molar refractivity (Wildman–Crippen MR) is 105 cm³/mol. The minimum atomic E-state index is -3.53. The molecule has 0 unspecified atom stereocenters. The summed E-state index contributed by atoms with van der Waals surface area (Å²) < 4.78 is 27.2. The van der Waals surface area contributed by atoms with Crippen molar-refractivity contribution in [1.29, 1.82) is 0 Å². The molecule has 1 amide bonds. The van der Waals surface area contributed by atoms with Gasteiger partial charge in [-0.3, -0.25) is 4.79 Å². The highest BCUT2D eigenvalue weighted by Crippen LogP contribution is 2.27. The summed E-state index contributed by atoms with van der Waals surface area (Å²) in [6.45, 7) is 13.2. The molecule has 0 aromatic heterocycles. The van der Waals surface area contributed by atoms with Crippen LogP contribution in [0.2, 0.25) is 0 Å². The number of hydrogen-bond donors (Lipinski definition) is 0. The summed E-state index contributed by atoms with van der Waals surface area (Å²) in [5.74, 6) is 0.750. The van der Waals surface area contributed by atoms with Gasteiger partial charge in [0.2, 0.25) is 5.91 Å². The van der Waals surface area contributed by atoms with Gasteiger partial charge in [-0.25, -0.2) is 0 Å². The van der Waals surface area contributed by atoms with Gasteiger partial charge in [-0.1, -0.05) is 39.8 Å². The maximum atomic E-state index is 12.8. The van der Waals surface area contributed by atoms with Crippen LogP contribution < -0.4 is 4.18 Å². The quantitative estimate of drug-likeness (QED) is 0.630. The van der Waals surface area contributed by atoms with Crippen LogP contribution in [0.5, 0.6) is 5.75 Å². The highest BCUT2D eigenvalue weighted by Gasteiger charge is 2.22. The van der Waals surface area contributed by atoms with E-state index < -0.39 is 10.1 Å². The third-order valence-electron chi connectivity index (χ3n) is 3.95. The molecule has 0 saturated heterocycles. The normalized spacial score (nSPS) is 13.5. The topological polar surface area (TPSA) is 63.7 Å². The molecule has 0 heterocycles. The molecule has 1 atom stereocenters. The van der Waals surface area contributed by atoms with E-state index in [-0.39, 0.29) is 23.1 Å². The van der Waals surface area contributed by atoms with E-state index in [9.17, 15) is 13.2 Å². The van der Waals surface area contributed by atoms with E-state index >= 15 is 0 Å². The van der Waals surface area contributed by atoms with Gasteiger partial charge < -0.3 is 9.08 Å². The van der Waals surface area contributed by atoms with Crippen LogP contribution in [0.3, 0.4) is 0 Å². The average molecular weight is 384 g/mol. The van der Waals surface area contributed by atoms with Crippen LogP contribution in [0, 0.1) is 11.3 Å². The smallest absolute Gasteiger partial charge is 0.306 e. The summed E-state index contributed by atoms with van der Waals surface area (Å²) in [6.07, 6.45) is 2.55. The Morgan fingerprint density at radius 1 is 1.12 bits per heavy atom. The summed E-state index contributed by atoms with van der Waals surface area (Å²) >= 11 is 0. The molecule has 1 aromatic rings. The van der Waals surface area contributed by atoms with Gasteiger partial charge in [-0.2, -0.15) is 8.42 Å². The average Bonchev–Trinajstić information content (AvgIpc) is 2.42. The fraction of sp³-hybridized carbons (Fsp3) is 0.650. The summed E-state index contributed by atoms with van der Waals surface area (Å²) in [4.78, 5) is 14.6. The molecule has 0 fully saturated rings. The lowest BCUT2D eigenvalue weighted by Gasteiger charge is -2.30. The van der Waals surface area contributed by atoms with Crippen molar-refractivity contribution >= 4 is 16.0 Å². The lowest BCUT2D eigenvalue weighted by molar-refractivity contribution is -0.134. The molecular formula is C20H33NO4S. The summed E-state index contributed by atoms with van der Waals surface area (Å²) in [5, 5.41) is 0. The van der Waals surface area contributed by atoms with Crippen molar-refractivity contribution in [2.45, 2.75) is 67.0 Å². The van der Waals surface area contributed by atoms with Crippen molar-refractivity contribution in [3.05, 3.63) is 29.8 Å². The van der Waals surface area contributed by atoms with Gasteiger partial charge in [0, 0.05) is 19.0 Å². The first-order valence-electron chi connectivity index (χ1n) is 9.05. The number of benzene rings is 1. The van der Waals surface area contributed by atoms with E-state index in [0.29, 0.717) is 18.9 Å². The van der Waals surface area contributed by atoms with Crippen LogP contribution in [0.15, 0.2) is 24.3 Å². The molecule has 5 nitrogen and oxygen atoms in total. The molecule has 0 saturated carbocycles. The van der Waals surface area contributed by atoms with Crippen molar-refractivity contribution in [3.8, 4) is 5.75 Å². The van der Waals surface area contributed by atoms with Crippen molar-refractivity contribution < 1.29 is 17.4 Å². The molecule has 148 valence electrons. The Balaban J connectivity index is 2.77. The van der Waals surface area contributed by atoms with Gasteiger partial charge in [0.25, 0.3) is 0 Å². The van der Waals surface area contributed by atoms with Gasteiger partial charge in [0.05, 0.1) is 6.26 Å². The first-order chi connectivity index (χ1) is 11.8. The molecule has 26 heavy (non-hydrogen) atoms. The highest BCUT2D eigenvalue weighted by molar-refractivity contribution is 7.86. The molecule has 0 aliphatic heterocycles. The van der Waals surface area contributed by atoms with Crippen LogP contribution in [-0.2, 0) is 21.5 Å². The van der Waals surface area contributed by atoms with E-state index in [2.05, 4.69) is 27.7 Å². The number of amides is 1. The zero-order valence-corrected chi connectivity index (χ0v) is 17.9. The summed E-state index contributed by atoms with van der Waals surface area (Å²) in [7, 11) is -3.53. The standard InChI is InChI=1S/C20H33NO4S/c1-15(2)21(19(22)12-16(3)13-20(4,5)6)14-17-8-10-18(11-9-17)25-26(7,23)24/h8-11,15-16H,12-14H2,1-7H3/t16-/m0/s1. The Morgan fingerprint density at radius 3 is 2.08 bits per heavy atom. The first kappa shape index (κ1) is 22.5. The molecule has 0 bridgehead atoms.